The Morgan fingerprint density at radius 2 is 1.75 bits per heavy atom. The van der Waals surface area contributed by atoms with E-state index in [-0.39, 0.29) is 12.4 Å². The van der Waals surface area contributed by atoms with Crippen molar-refractivity contribution >= 4 is 63.3 Å². The molecule has 20 heavy (non-hydrogen) atoms. The van der Waals surface area contributed by atoms with Gasteiger partial charge in [0.15, 0.2) is 0 Å². The highest BCUT2D eigenvalue weighted by molar-refractivity contribution is 7.20. The van der Waals surface area contributed by atoms with Crippen molar-refractivity contribution in [2.45, 2.75) is 0 Å². The van der Waals surface area contributed by atoms with Crippen LogP contribution in [0.15, 0.2) is 42.5 Å². The second-order valence-corrected chi connectivity index (χ2v) is 6.26. The Morgan fingerprint density at radius 3 is 2.45 bits per heavy atom. The van der Waals surface area contributed by atoms with Crippen molar-refractivity contribution in [3.05, 3.63) is 57.1 Å². The fourth-order valence-electron chi connectivity index (χ4n) is 1.81. The van der Waals surface area contributed by atoms with Crippen LogP contribution in [-0.4, -0.2) is 11.1 Å². The number of carboxylic acids is 1. The molecule has 0 bridgehead atoms. The molecule has 102 valence electrons. The molecule has 0 spiro atoms. The maximum absolute atomic E-state index is 10.8. The predicted molar refractivity (Wildman–Crippen MR) is 89.3 cm³/mol. The monoisotopic (exact) mass is 322 g/mol. The Bertz CT molecular complexity index is 738. The van der Waals surface area contributed by atoms with Gasteiger partial charge < -0.3 is 5.11 Å². The first-order valence-electron chi connectivity index (χ1n) is 5.72. The first-order chi connectivity index (χ1) is 9.22. The molecule has 2 heterocycles. The number of benzene rings is 1. The van der Waals surface area contributed by atoms with E-state index in [1.165, 1.54) is 26.3 Å². The van der Waals surface area contributed by atoms with Crippen molar-refractivity contribution in [3.8, 4) is 0 Å². The fraction of sp³-hybridized carbons (Fsp3) is 0. The SMILES string of the molecule is Cl.O=C(O)c1ccc(C=Cc2cc3ccccc3s2)s1. The summed E-state index contributed by atoms with van der Waals surface area (Å²) in [7, 11) is 0. The van der Waals surface area contributed by atoms with Crippen LogP contribution in [0.5, 0.6) is 0 Å². The van der Waals surface area contributed by atoms with E-state index in [1.54, 1.807) is 17.4 Å². The summed E-state index contributed by atoms with van der Waals surface area (Å²) < 4.78 is 1.26. The van der Waals surface area contributed by atoms with E-state index in [4.69, 9.17) is 5.11 Å². The number of halogens is 1. The number of fused-ring (bicyclic) bond motifs is 1. The average Bonchev–Trinajstić information content (AvgIpc) is 3.02. The van der Waals surface area contributed by atoms with E-state index in [2.05, 4.69) is 18.2 Å². The Kier molecular flexibility index (Phi) is 4.60. The molecule has 2 nitrogen and oxygen atoms in total. The molecule has 3 aromatic rings. The molecule has 0 unspecified atom stereocenters. The topological polar surface area (TPSA) is 37.3 Å². The average molecular weight is 323 g/mol. The van der Waals surface area contributed by atoms with Crippen molar-refractivity contribution in [1.82, 2.24) is 0 Å². The van der Waals surface area contributed by atoms with E-state index in [0.717, 1.165) is 4.88 Å². The summed E-state index contributed by atoms with van der Waals surface area (Å²) in [5.41, 5.74) is 0. The van der Waals surface area contributed by atoms with Crippen LogP contribution in [0.25, 0.3) is 22.2 Å². The number of hydrogen-bond acceptors (Lipinski definition) is 3. The highest BCUT2D eigenvalue weighted by atomic mass is 35.5. The Hall–Kier alpha value is -1.62. The quantitative estimate of drug-likeness (QED) is 0.714. The summed E-state index contributed by atoms with van der Waals surface area (Å²) in [5.74, 6) is -0.869. The standard InChI is InChI=1S/C15H10O2S2.ClH/c16-15(17)14-8-7-11(18-14)5-6-12-9-10-3-1-2-4-13(10)19-12;/h1-9H,(H,16,17);1H. The highest BCUT2D eigenvalue weighted by Gasteiger charge is 2.05. The normalized spacial score (nSPS) is 10.8. The number of carbonyl (C=O) groups is 1. The largest absolute Gasteiger partial charge is 0.477 e. The molecule has 3 rings (SSSR count). The number of carboxylic acid groups (broad SMARTS) is 1. The lowest BCUT2D eigenvalue weighted by molar-refractivity contribution is 0.0702. The maximum atomic E-state index is 10.8. The minimum Gasteiger partial charge on any atom is -0.477 e. The van der Waals surface area contributed by atoms with Gasteiger partial charge in [0.25, 0.3) is 0 Å². The third-order valence-electron chi connectivity index (χ3n) is 2.69. The van der Waals surface area contributed by atoms with Crippen molar-refractivity contribution < 1.29 is 9.90 Å². The number of aromatic carboxylic acids is 1. The van der Waals surface area contributed by atoms with Crippen LogP contribution in [0, 0.1) is 0 Å². The fourth-order valence-corrected chi connectivity index (χ4v) is 3.52. The molecule has 0 saturated heterocycles. The van der Waals surface area contributed by atoms with E-state index in [1.807, 2.05) is 30.4 Å². The van der Waals surface area contributed by atoms with Crippen molar-refractivity contribution in [2.24, 2.45) is 0 Å². The van der Waals surface area contributed by atoms with E-state index in [9.17, 15) is 4.79 Å². The highest BCUT2D eigenvalue weighted by Crippen LogP contribution is 2.27. The van der Waals surface area contributed by atoms with Crippen LogP contribution < -0.4 is 0 Å². The van der Waals surface area contributed by atoms with Crippen molar-refractivity contribution in [1.29, 1.82) is 0 Å². The van der Waals surface area contributed by atoms with Crippen LogP contribution in [0.2, 0.25) is 0 Å². The molecule has 0 amide bonds. The maximum Gasteiger partial charge on any atom is 0.345 e. The van der Waals surface area contributed by atoms with Gasteiger partial charge in [-0.05, 0) is 41.8 Å². The van der Waals surface area contributed by atoms with Crippen LogP contribution in [0.3, 0.4) is 0 Å². The molecule has 1 N–H and O–H groups in total. The number of thiophene rings is 2. The second kappa shape index (κ2) is 6.22. The first-order valence-corrected chi connectivity index (χ1v) is 7.35. The summed E-state index contributed by atoms with van der Waals surface area (Å²) in [6, 6.07) is 13.9. The van der Waals surface area contributed by atoms with Gasteiger partial charge >= 0.3 is 5.97 Å². The van der Waals surface area contributed by atoms with E-state index in [0.29, 0.717) is 4.88 Å². The van der Waals surface area contributed by atoms with Gasteiger partial charge in [-0.3, -0.25) is 0 Å². The molecule has 5 heteroatoms. The van der Waals surface area contributed by atoms with Gasteiger partial charge in [0.2, 0.25) is 0 Å². The molecule has 2 aromatic heterocycles. The Morgan fingerprint density at radius 1 is 1.00 bits per heavy atom. The minimum absolute atomic E-state index is 0. The summed E-state index contributed by atoms with van der Waals surface area (Å²) in [4.78, 5) is 13.3. The molecule has 0 radical (unpaired) electrons. The molecule has 1 aromatic carbocycles. The smallest absolute Gasteiger partial charge is 0.345 e. The summed E-state index contributed by atoms with van der Waals surface area (Å²) in [6.45, 7) is 0. The van der Waals surface area contributed by atoms with Gasteiger partial charge in [-0.25, -0.2) is 4.79 Å². The lowest BCUT2D eigenvalue weighted by Gasteiger charge is -1.84. The van der Waals surface area contributed by atoms with Crippen molar-refractivity contribution in [3.63, 3.8) is 0 Å². The number of rotatable bonds is 3. The van der Waals surface area contributed by atoms with Crippen LogP contribution >= 0.6 is 35.1 Å². The Balaban J connectivity index is 0.00000147. The van der Waals surface area contributed by atoms with Crippen LogP contribution in [-0.2, 0) is 0 Å². The molecule has 0 aliphatic rings. The zero-order valence-electron chi connectivity index (χ0n) is 10.3. The van der Waals surface area contributed by atoms with Gasteiger partial charge in [-0.1, -0.05) is 18.2 Å². The summed E-state index contributed by atoms with van der Waals surface area (Å²) in [6.07, 6.45) is 3.99. The predicted octanol–water partition coefficient (Wildman–Crippen LogP) is 5.25. The third-order valence-corrected chi connectivity index (χ3v) is 4.81. The van der Waals surface area contributed by atoms with E-state index < -0.39 is 5.97 Å². The van der Waals surface area contributed by atoms with Gasteiger partial charge in [0, 0.05) is 14.5 Å². The molecular formula is C15H11ClO2S2. The second-order valence-electron chi connectivity index (χ2n) is 4.03. The lowest BCUT2D eigenvalue weighted by Crippen LogP contribution is -1.89. The molecule has 0 atom stereocenters. The molecule has 0 fully saturated rings. The first kappa shape index (κ1) is 14.8. The van der Waals surface area contributed by atoms with Crippen LogP contribution in [0.4, 0.5) is 0 Å². The van der Waals surface area contributed by atoms with Crippen molar-refractivity contribution in [2.75, 3.05) is 0 Å². The van der Waals surface area contributed by atoms with Gasteiger partial charge in [0.1, 0.15) is 4.88 Å². The number of hydrogen-bond donors (Lipinski definition) is 1. The minimum atomic E-state index is -0.869. The summed E-state index contributed by atoms with van der Waals surface area (Å²) in [5, 5.41) is 10.1. The Labute approximate surface area is 130 Å². The van der Waals surface area contributed by atoms with Gasteiger partial charge in [0.05, 0.1) is 0 Å². The molecule has 0 aliphatic heterocycles. The molecule has 0 aliphatic carbocycles. The van der Waals surface area contributed by atoms with Crippen LogP contribution in [0.1, 0.15) is 19.4 Å². The van der Waals surface area contributed by atoms with Gasteiger partial charge in [-0.2, -0.15) is 0 Å². The molecule has 0 saturated carbocycles. The van der Waals surface area contributed by atoms with E-state index >= 15 is 0 Å². The third kappa shape index (κ3) is 3.10. The zero-order chi connectivity index (χ0) is 13.2. The zero-order valence-corrected chi connectivity index (χ0v) is 12.7. The molecular weight excluding hydrogens is 312 g/mol. The summed E-state index contributed by atoms with van der Waals surface area (Å²) >= 11 is 3.02. The lowest BCUT2D eigenvalue weighted by atomic mass is 10.2. The van der Waals surface area contributed by atoms with Gasteiger partial charge in [-0.15, -0.1) is 35.1 Å².